The minimum absolute atomic E-state index is 0.0774. The van der Waals surface area contributed by atoms with E-state index in [1.54, 1.807) is 4.90 Å². The van der Waals surface area contributed by atoms with Crippen molar-refractivity contribution in [3.63, 3.8) is 0 Å². The van der Waals surface area contributed by atoms with E-state index in [4.69, 9.17) is 9.47 Å². The van der Waals surface area contributed by atoms with Gasteiger partial charge in [-0.25, -0.2) is 4.79 Å². The van der Waals surface area contributed by atoms with E-state index in [1.165, 1.54) is 17.1 Å². The predicted molar refractivity (Wildman–Crippen MR) is 80.4 cm³/mol. The summed E-state index contributed by atoms with van der Waals surface area (Å²) in [6.07, 6.45) is 1.68. The summed E-state index contributed by atoms with van der Waals surface area (Å²) in [7, 11) is 0. The lowest BCUT2D eigenvalue weighted by Gasteiger charge is -2.32. The Morgan fingerprint density at radius 2 is 2.14 bits per heavy atom. The van der Waals surface area contributed by atoms with E-state index in [0.717, 1.165) is 18.5 Å². The molecule has 2 saturated heterocycles. The molecule has 6 heteroatoms. The van der Waals surface area contributed by atoms with Gasteiger partial charge in [0.05, 0.1) is 5.69 Å². The molecule has 0 saturated carbocycles. The largest absolute Gasteiger partial charge is 0.444 e. The quantitative estimate of drug-likeness (QED) is 0.747. The average molecular weight is 310 g/mol. The Bertz CT molecular complexity index is 541. The molecule has 1 spiro atoms. The van der Waals surface area contributed by atoms with Crippen LogP contribution in [0.15, 0.2) is 5.38 Å². The van der Waals surface area contributed by atoms with Crippen LogP contribution in [0.25, 0.3) is 0 Å². The van der Waals surface area contributed by atoms with Crippen molar-refractivity contribution in [3.8, 4) is 0 Å². The number of ether oxygens (including phenoxy) is 2. The van der Waals surface area contributed by atoms with Gasteiger partial charge in [0, 0.05) is 24.0 Å². The Morgan fingerprint density at radius 1 is 1.48 bits per heavy atom. The molecule has 3 heterocycles. The number of carbonyl (C=O) groups is 1. The zero-order valence-corrected chi connectivity index (χ0v) is 13.8. The van der Waals surface area contributed by atoms with Crippen LogP contribution in [0.5, 0.6) is 0 Å². The fraction of sp³-hybridized carbons (Fsp3) is 0.733. The summed E-state index contributed by atoms with van der Waals surface area (Å²) in [6, 6.07) is 0. The van der Waals surface area contributed by atoms with Gasteiger partial charge in [-0.1, -0.05) is 0 Å². The highest BCUT2D eigenvalue weighted by Gasteiger charge is 2.59. The number of likely N-dealkylation sites (tertiary alicyclic amines) is 1. The van der Waals surface area contributed by atoms with Gasteiger partial charge in [-0.15, -0.1) is 0 Å². The van der Waals surface area contributed by atoms with Gasteiger partial charge in [0.25, 0.3) is 0 Å². The number of aryl methyl sites for hydroxylation is 1. The molecule has 2 aliphatic rings. The van der Waals surface area contributed by atoms with Gasteiger partial charge in [0.15, 0.2) is 0 Å². The van der Waals surface area contributed by atoms with E-state index in [9.17, 15) is 4.79 Å². The lowest BCUT2D eigenvalue weighted by molar-refractivity contribution is 0.0165. The summed E-state index contributed by atoms with van der Waals surface area (Å²) in [5.74, 6) is 0. The first-order valence-corrected chi connectivity index (χ1v) is 8.21. The van der Waals surface area contributed by atoms with Crippen LogP contribution >= 0.6 is 11.5 Å². The molecule has 1 amide bonds. The second kappa shape index (κ2) is 4.95. The summed E-state index contributed by atoms with van der Waals surface area (Å²) in [4.78, 5) is 13.8. The zero-order chi connectivity index (χ0) is 15.3. The van der Waals surface area contributed by atoms with Crippen LogP contribution in [-0.4, -0.2) is 39.7 Å². The summed E-state index contributed by atoms with van der Waals surface area (Å²) in [5, 5.41) is 2.08. The second-order valence-corrected chi connectivity index (χ2v) is 7.51. The molecule has 0 bridgehead atoms. The number of carbonyl (C=O) groups excluding carboxylic acids is 1. The van der Waals surface area contributed by atoms with Crippen molar-refractivity contribution < 1.29 is 14.3 Å². The van der Waals surface area contributed by atoms with Gasteiger partial charge in [-0.3, -0.25) is 0 Å². The van der Waals surface area contributed by atoms with E-state index < -0.39 is 5.60 Å². The van der Waals surface area contributed by atoms with Crippen molar-refractivity contribution in [1.82, 2.24) is 9.27 Å². The van der Waals surface area contributed by atoms with Gasteiger partial charge in [-0.05, 0) is 52.1 Å². The van der Waals surface area contributed by atoms with Crippen molar-refractivity contribution in [3.05, 3.63) is 16.6 Å². The van der Waals surface area contributed by atoms with E-state index in [2.05, 4.69) is 9.75 Å². The first kappa shape index (κ1) is 14.8. The SMILES string of the molecule is Cc1nscc1C1OC12CCN(C(=O)OC(C)(C)C)CC2. The highest BCUT2D eigenvalue weighted by molar-refractivity contribution is 7.03. The normalized spacial score (nSPS) is 24.2. The fourth-order valence-corrected chi connectivity index (χ4v) is 3.60. The molecule has 1 atom stereocenters. The minimum atomic E-state index is -0.440. The predicted octanol–water partition coefficient (Wildman–Crippen LogP) is 3.29. The molecular weight excluding hydrogens is 288 g/mol. The summed E-state index contributed by atoms with van der Waals surface area (Å²) >= 11 is 1.48. The third-order valence-corrected chi connectivity index (χ3v) is 4.84. The summed E-state index contributed by atoms with van der Waals surface area (Å²) in [5.41, 5.74) is 1.76. The average Bonchev–Trinajstić information content (AvgIpc) is 2.88. The molecule has 1 aromatic heterocycles. The Kier molecular flexibility index (Phi) is 3.48. The van der Waals surface area contributed by atoms with Crippen LogP contribution in [0.3, 0.4) is 0 Å². The maximum Gasteiger partial charge on any atom is 0.410 e. The molecular formula is C15H22N2O3S. The van der Waals surface area contributed by atoms with Crippen molar-refractivity contribution in [2.75, 3.05) is 13.1 Å². The van der Waals surface area contributed by atoms with Crippen LogP contribution in [-0.2, 0) is 9.47 Å². The van der Waals surface area contributed by atoms with Gasteiger partial charge < -0.3 is 14.4 Å². The maximum atomic E-state index is 12.1. The number of piperidine rings is 1. The number of aromatic nitrogens is 1. The number of epoxide rings is 1. The first-order valence-electron chi connectivity index (χ1n) is 7.37. The third-order valence-electron chi connectivity index (χ3n) is 4.10. The van der Waals surface area contributed by atoms with Crippen molar-refractivity contribution in [1.29, 1.82) is 0 Å². The lowest BCUT2D eigenvalue weighted by Crippen LogP contribution is -2.44. The van der Waals surface area contributed by atoms with E-state index in [-0.39, 0.29) is 17.8 Å². The van der Waals surface area contributed by atoms with E-state index >= 15 is 0 Å². The lowest BCUT2D eigenvalue weighted by atomic mass is 9.90. The molecule has 0 N–H and O–H groups in total. The number of rotatable bonds is 1. The summed E-state index contributed by atoms with van der Waals surface area (Å²) in [6.45, 7) is 9.09. The van der Waals surface area contributed by atoms with Gasteiger partial charge in [0.2, 0.25) is 0 Å². The van der Waals surface area contributed by atoms with Crippen molar-refractivity contribution in [2.45, 2.75) is 57.8 Å². The Balaban J connectivity index is 1.57. The van der Waals surface area contributed by atoms with Gasteiger partial charge in [0.1, 0.15) is 17.3 Å². The number of hydrogen-bond acceptors (Lipinski definition) is 5. The van der Waals surface area contributed by atoms with Crippen molar-refractivity contribution >= 4 is 17.6 Å². The fourth-order valence-electron chi connectivity index (χ4n) is 2.87. The van der Waals surface area contributed by atoms with Crippen LogP contribution in [0.4, 0.5) is 4.79 Å². The number of nitrogens with zero attached hydrogens (tertiary/aromatic N) is 2. The number of amides is 1. The Morgan fingerprint density at radius 3 is 2.67 bits per heavy atom. The Hall–Kier alpha value is -1.14. The van der Waals surface area contributed by atoms with Gasteiger partial charge in [-0.2, -0.15) is 4.37 Å². The smallest absolute Gasteiger partial charge is 0.410 e. The molecule has 5 nitrogen and oxygen atoms in total. The highest BCUT2D eigenvalue weighted by atomic mass is 32.1. The van der Waals surface area contributed by atoms with Crippen molar-refractivity contribution in [2.24, 2.45) is 0 Å². The molecule has 0 aromatic carbocycles. The zero-order valence-electron chi connectivity index (χ0n) is 13.0. The van der Waals surface area contributed by atoms with E-state index in [0.29, 0.717) is 13.1 Å². The van der Waals surface area contributed by atoms with Crippen LogP contribution in [0.1, 0.15) is 51.0 Å². The first-order chi connectivity index (χ1) is 9.81. The molecule has 1 aromatic rings. The molecule has 116 valence electrons. The van der Waals surface area contributed by atoms with Gasteiger partial charge >= 0.3 is 6.09 Å². The topological polar surface area (TPSA) is 55.0 Å². The monoisotopic (exact) mass is 310 g/mol. The molecule has 3 rings (SSSR count). The van der Waals surface area contributed by atoms with Crippen LogP contribution < -0.4 is 0 Å². The molecule has 2 fully saturated rings. The highest BCUT2D eigenvalue weighted by Crippen LogP contribution is 2.56. The van der Waals surface area contributed by atoms with E-state index in [1.807, 2.05) is 27.7 Å². The molecule has 0 radical (unpaired) electrons. The third kappa shape index (κ3) is 2.92. The van der Waals surface area contributed by atoms with Crippen LogP contribution in [0, 0.1) is 6.92 Å². The molecule has 1 unspecified atom stereocenters. The van der Waals surface area contributed by atoms with Crippen LogP contribution in [0.2, 0.25) is 0 Å². The number of hydrogen-bond donors (Lipinski definition) is 0. The maximum absolute atomic E-state index is 12.1. The molecule has 21 heavy (non-hydrogen) atoms. The standard InChI is InChI=1S/C15H22N2O3S/c1-10-11(9-21-16-10)12-15(19-12)5-7-17(8-6-15)13(18)20-14(2,3)4/h9,12H,5-8H2,1-4H3. The Labute approximate surface area is 129 Å². The minimum Gasteiger partial charge on any atom is -0.444 e. The summed E-state index contributed by atoms with van der Waals surface area (Å²) < 4.78 is 15.7. The second-order valence-electron chi connectivity index (χ2n) is 6.89. The molecule has 2 aliphatic heterocycles. The molecule has 0 aliphatic carbocycles.